The Balaban J connectivity index is 0.00000288. The topological polar surface area (TPSA) is 55.1 Å². The van der Waals surface area contributed by atoms with Crippen LogP contribution in [0.15, 0.2) is 24.3 Å². The number of halogens is 4. The molecule has 1 atom stereocenters. The van der Waals surface area contributed by atoms with Crippen LogP contribution in [-0.2, 0) is 16.4 Å². The molecule has 1 aromatic carbocycles. The van der Waals surface area contributed by atoms with E-state index in [0.717, 1.165) is 31.4 Å². The molecule has 1 aromatic rings. The van der Waals surface area contributed by atoms with Gasteiger partial charge >= 0.3 is 6.18 Å². The van der Waals surface area contributed by atoms with E-state index in [1.165, 1.54) is 6.07 Å². The highest BCUT2D eigenvalue weighted by molar-refractivity contribution is 5.91. The van der Waals surface area contributed by atoms with Crippen molar-refractivity contribution >= 4 is 18.3 Å². The number of unbranched alkanes of at least 4 members (excludes halogenated alkanes) is 1. The summed E-state index contributed by atoms with van der Waals surface area (Å²) >= 11 is 0. The van der Waals surface area contributed by atoms with Crippen LogP contribution in [0.4, 0.5) is 13.2 Å². The van der Waals surface area contributed by atoms with Crippen molar-refractivity contribution in [1.82, 2.24) is 5.32 Å². The Kier molecular flexibility index (Phi) is 7.10. The molecule has 24 heavy (non-hydrogen) atoms. The van der Waals surface area contributed by atoms with Crippen molar-refractivity contribution in [3.05, 3.63) is 35.4 Å². The number of nitrogens with two attached hydrogens (primary N) is 1. The summed E-state index contributed by atoms with van der Waals surface area (Å²) in [6.07, 6.45) is -0.499. The summed E-state index contributed by atoms with van der Waals surface area (Å²) in [5, 5.41) is 2.92. The summed E-state index contributed by atoms with van der Waals surface area (Å²) in [6.45, 7) is 2.39. The molecular weight excluding hydrogens is 341 g/mol. The number of benzene rings is 1. The zero-order valence-electron chi connectivity index (χ0n) is 13.7. The first-order valence-corrected chi connectivity index (χ1v) is 8.02. The summed E-state index contributed by atoms with van der Waals surface area (Å²) in [7, 11) is 0. The van der Waals surface area contributed by atoms with Gasteiger partial charge in [0.1, 0.15) is 0 Å². The molecule has 1 aliphatic carbocycles. The highest BCUT2D eigenvalue weighted by Crippen LogP contribution is 2.49. The van der Waals surface area contributed by atoms with Crippen molar-refractivity contribution in [2.75, 3.05) is 6.54 Å². The van der Waals surface area contributed by atoms with Crippen LogP contribution in [0, 0.1) is 0 Å². The SMILES string of the molecule is CCCCC(CN)NC(=O)C1(c2cccc(C(F)(F)F)c2)CC1.Cl. The van der Waals surface area contributed by atoms with Crippen molar-refractivity contribution in [3.63, 3.8) is 0 Å². The monoisotopic (exact) mass is 364 g/mol. The zero-order valence-corrected chi connectivity index (χ0v) is 14.5. The van der Waals surface area contributed by atoms with Gasteiger partial charge in [0.05, 0.1) is 11.0 Å². The smallest absolute Gasteiger partial charge is 0.351 e. The van der Waals surface area contributed by atoms with Crippen molar-refractivity contribution in [2.45, 2.75) is 56.7 Å². The Morgan fingerprint density at radius 3 is 2.54 bits per heavy atom. The molecule has 136 valence electrons. The Morgan fingerprint density at radius 1 is 1.38 bits per heavy atom. The fraction of sp³-hybridized carbons (Fsp3) is 0.588. The molecule has 1 aliphatic rings. The highest BCUT2D eigenvalue weighted by Gasteiger charge is 2.52. The molecule has 0 radical (unpaired) electrons. The molecular formula is C17H24ClF3N2O. The molecule has 0 aromatic heterocycles. The first kappa shape index (κ1) is 20.8. The summed E-state index contributed by atoms with van der Waals surface area (Å²) in [4.78, 5) is 12.6. The second kappa shape index (κ2) is 8.21. The summed E-state index contributed by atoms with van der Waals surface area (Å²) in [5.74, 6) is -0.205. The fourth-order valence-electron chi connectivity index (χ4n) is 2.79. The standard InChI is InChI=1S/C17H23F3N2O.ClH/c1-2-3-7-14(11-21)22-15(23)16(8-9-16)12-5-4-6-13(10-12)17(18,19)20;/h4-6,10,14H,2-3,7-9,11,21H2,1H3,(H,22,23);1H. The lowest BCUT2D eigenvalue weighted by Gasteiger charge is -2.22. The van der Waals surface area contributed by atoms with Gasteiger partial charge in [-0.15, -0.1) is 12.4 Å². The largest absolute Gasteiger partial charge is 0.416 e. The minimum atomic E-state index is -4.40. The second-order valence-corrected chi connectivity index (χ2v) is 6.21. The van der Waals surface area contributed by atoms with Gasteiger partial charge in [0.25, 0.3) is 0 Å². The van der Waals surface area contributed by atoms with Gasteiger partial charge in [0.15, 0.2) is 0 Å². The number of alkyl halides is 3. The van der Waals surface area contributed by atoms with E-state index in [0.29, 0.717) is 24.9 Å². The van der Waals surface area contributed by atoms with E-state index in [4.69, 9.17) is 5.73 Å². The number of carbonyl (C=O) groups is 1. The van der Waals surface area contributed by atoms with E-state index >= 15 is 0 Å². The van der Waals surface area contributed by atoms with Crippen LogP contribution in [0.25, 0.3) is 0 Å². The normalized spacial score (nSPS) is 16.9. The second-order valence-electron chi connectivity index (χ2n) is 6.21. The molecule has 7 heteroatoms. The summed E-state index contributed by atoms with van der Waals surface area (Å²) in [5.41, 5.74) is 4.59. The maximum atomic E-state index is 12.9. The Hall–Kier alpha value is -1.27. The first-order chi connectivity index (χ1) is 10.8. The first-order valence-electron chi connectivity index (χ1n) is 8.02. The molecule has 3 N–H and O–H groups in total. The van der Waals surface area contributed by atoms with Crippen molar-refractivity contribution in [2.24, 2.45) is 5.73 Å². The average Bonchev–Trinajstić information content (AvgIpc) is 3.32. The maximum absolute atomic E-state index is 12.9. The molecule has 1 fully saturated rings. The van der Waals surface area contributed by atoms with Crippen LogP contribution in [0.5, 0.6) is 0 Å². The van der Waals surface area contributed by atoms with Crippen molar-refractivity contribution in [3.8, 4) is 0 Å². The van der Waals surface area contributed by atoms with Crippen LogP contribution in [0.3, 0.4) is 0 Å². The zero-order chi connectivity index (χ0) is 17.1. The molecule has 1 amide bonds. The van der Waals surface area contributed by atoms with Gasteiger partial charge in [-0.1, -0.05) is 38.0 Å². The number of rotatable bonds is 7. The van der Waals surface area contributed by atoms with E-state index in [2.05, 4.69) is 12.2 Å². The van der Waals surface area contributed by atoms with Crippen LogP contribution in [0.2, 0.25) is 0 Å². The van der Waals surface area contributed by atoms with Crippen molar-refractivity contribution < 1.29 is 18.0 Å². The third-order valence-corrected chi connectivity index (χ3v) is 4.45. The molecule has 3 nitrogen and oxygen atoms in total. The molecule has 0 spiro atoms. The van der Waals surface area contributed by atoms with Crippen molar-refractivity contribution in [1.29, 1.82) is 0 Å². The third kappa shape index (κ3) is 4.63. The molecule has 0 aliphatic heterocycles. The van der Waals surface area contributed by atoms with Crippen LogP contribution < -0.4 is 11.1 Å². The minimum absolute atomic E-state index is 0. The molecule has 0 heterocycles. The average molecular weight is 365 g/mol. The lowest BCUT2D eigenvalue weighted by molar-refractivity contribution is -0.137. The van der Waals surface area contributed by atoms with Gasteiger partial charge in [-0.25, -0.2) is 0 Å². The number of nitrogens with one attached hydrogen (secondary N) is 1. The highest BCUT2D eigenvalue weighted by atomic mass is 35.5. The molecule has 0 bridgehead atoms. The Bertz CT molecular complexity index is 559. The van der Waals surface area contributed by atoms with Gasteiger partial charge in [0, 0.05) is 12.6 Å². The number of carbonyl (C=O) groups excluding carboxylic acids is 1. The fourth-order valence-corrected chi connectivity index (χ4v) is 2.79. The lowest BCUT2D eigenvalue weighted by Crippen LogP contribution is -2.45. The number of hydrogen-bond acceptors (Lipinski definition) is 2. The number of hydrogen-bond donors (Lipinski definition) is 2. The molecule has 0 saturated heterocycles. The third-order valence-electron chi connectivity index (χ3n) is 4.45. The summed E-state index contributed by atoms with van der Waals surface area (Å²) in [6, 6.07) is 4.97. The lowest BCUT2D eigenvalue weighted by atomic mass is 9.92. The predicted molar refractivity (Wildman–Crippen MR) is 90.1 cm³/mol. The van der Waals surface area contributed by atoms with Crippen LogP contribution >= 0.6 is 12.4 Å². The molecule has 1 unspecified atom stereocenters. The number of amides is 1. The van der Waals surface area contributed by atoms with E-state index < -0.39 is 17.2 Å². The Labute approximate surface area is 146 Å². The van der Waals surface area contributed by atoms with Crippen LogP contribution in [-0.4, -0.2) is 18.5 Å². The molecule has 2 rings (SSSR count). The minimum Gasteiger partial charge on any atom is -0.351 e. The van der Waals surface area contributed by atoms with Gasteiger partial charge in [-0.2, -0.15) is 13.2 Å². The Morgan fingerprint density at radius 2 is 2.04 bits per heavy atom. The van der Waals surface area contributed by atoms with E-state index in [1.807, 2.05) is 0 Å². The van der Waals surface area contributed by atoms with Crippen LogP contribution in [0.1, 0.15) is 50.2 Å². The van der Waals surface area contributed by atoms with E-state index in [9.17, 15) is 18.0 Å². The maximum Gasteiger partial charge on any atom is 0.416 e. The summed E-state index contributed by atoms with van der Waals surface area (Å²) < 4.78 is 38.6. The van der Waals surface area contributed by atoms with Gasteiger partial charge < -0.3 is 11.1 Å². The van der Waals surface area contributed by atoms with E-state index in [1.54, 1.807) is 6.07 Å². The van der Waals surface area contributed by atoms with Gasteiger partial charge in [-0.05, 0) is 30.9 Å². The predicted octanol–water partition coefficient (Wildman–Crippen LogP) is 3.79. The van der Waals surface area contributed by atoms with Gasteiger partial charge in [0.2, 0.25) is 5.91 Å². The van der Waals surface area contributed by atoms with Gasteiger partial charge in [-0.3, -0.25) is 4.79 Å². The van der Waals surface area contributed by atoms with E-state index in [-0.39, 0.29) is 24.4 Å². The quantitative estimate of drug-likeness (QED) is 0.773. The molecule has 1 saturated carbocycles.